The topological polar surface area (TPSA) is 55.0 Å². The Morgan fingerprint density at radius 3 is 2.71 bits per heavy atom. The molecule has 4 nitrogen and oxygen atoms in total. The second-order valence-corrected chi connectivity index (χ2v) is 3.32. The fourth-order valence-corrected chi connectivity index (χ4v) is 1.47. The first-order chi connectivity index (χ1) is 7.93. The molecule has 0 radical (unpaired) electrons. The lowest BCUT2D eigenvalue weighted by Gasteiger charge is -2.03. The number of esters is 1. The molecule has 0 aliphatic carbocycles. The molecule has 0 bridgehead atoms. The fraction of sp³-hybridized carbons (Fsp3) is 0.200. The summed E-state index contributed by atoms with van der Waals surface area (Å²) in [4.78, 5) is 11.2. The largest absolute Gasteiger partial charge is 0.465 e. The summed E-state index contributed by atoms with van der Waals surface area (Å²) < 4.78 is 42.0. The fourth-order valence-electron chi connectivity index (χ4n) is 1.47. The molecule has 2 aromatic rings. The van der Waals surface area contributed by atoms with Crippen molar-refractivity contribution in [3.05, 3.63) is 29.5 Å². The molecule has 0 amide bonds. The molecule has 1 aromatic heterocycles. The monoisotopic (exact) mass is 244 g/mol. The Balaban J connectivity index is 2.56. The smallest absolute Gasteiger partial charge is 0.433 e. The minimum atomic E-state index is -4.50. The number of carbonyl (C=O) groups is 1. The number of halogens is 3. The van der Waals surface area contributed by atoms with Crippen molar-refractivity contribution in [2.24, 2.45) is 0 Å². The number of hydrogen-bond acceptors (Lipinski definition) is 3. The minimum absolute atomic E-state index is 0.0697. The summed E-state index contributed by atoms with van der Waals surface area (Å²) >= 11 is 0. The molecule has 0 saturated heterocycles. The third-order valence-electron chi connectivity index (χ3n) is 2.26. The number of aromatic amines is 1. The van der Waals surface area contributed by atoms with Crippen LogP contribution in [0.15, 0.2) is 18.2 Å². The van der Waals surface area contributed by atoms with Crippen LogP contribution in [0.1, 0.15) is 16.1 Å². The number of methoxy groups -OCH3 is 1. The van der Waals surface area contributed by atoms with Crippen molar-refractivity contribution in [2.75, 3.05) is 7.11 Å². The van der Waals surface area contributed by atoms with E-state index in [1.54, 1.807) is 0 Å². The molecule has 0 fully saturated rings. The molecule has 0 unspecified atom stereocenters. The molecule has 2 rings (SSSR count). The molecular formula is C10H7F3N2O2. The number of nitrogens with zero attached hydrogens (tertiary/aromatic N) is 1. The van der Waals surface area contributed by atoms with Gasteiger partial charge in [-0.25, -0.2) is 4.79 Å². The summed E-state index contributed by atoms with van der Waals surface area (Å²) in [6, 6.07) is 3.69. The second kappa shape index (κ2) is 3.76. The van der Waals surface area contributed by atoms with E-state index >= 15 is 0 Å². The minimum Gasteiger partial charge on any atom is -0.465 e. The first-order valence-corrected chi connectivity index (χ1v) is 4.57. The summed E-state index contributed by atoms with van der Waals surface area (Å²) in [6.45, 7) is 0. The van der Waals surface area contributed by atoms with E-state index in [-0.39, 0.29) is 16.5 Å². The van der Waals surface area contributed by atoms with Gasteiger partial charge in [-0.3, -0.25) is 5.10 Å². The average molecular weight is 244 g/mol. The van der Waals surface area contributed by atoms with Gasteiger partial charge in [-0.2, -0.15) is 18.3 Å². The van der Waals surface area contributed by atoms with Crippen molar-refractivity contribution >= 4 is 16.9 Å². The molecule has 17 heavy (non-hydrogen) atoms. The lowest BCUT2D eigenvalue weighted by Crippen LogP contribution is -2.06. The van der Waals surface area contributed by atoms with Crippen LogP contribution >= 0.6 is 0 Å². The SMILES string of the molecule is COC(=O)c1ccc2c(C(F)(F)F)[nH]nc2c1. The van der Waals surface area contributed by atoms with E-state index < -0.39 is 17.8 Å². The van der Waals surface area contributed by atoms with Crippen molar-refractivity contribution in [3.8, 4) is 0 Å². The predicted octanol–water partition coefficient (Wildman–Crippen LogP) is 2.37. The number of ether oxygens (including phenoxy) is 1. The van der Waals surface area contributed by atoms with Gasteiger partial charge in [0.25, 0.3) is 0 Å². The zero-order chi connectivity index (χ0) is 12.6. The maximum absolute atomic E-state index is 12.5. The molecule has 90 valence electrons. The number of benzene rings is 1. The van der Waals surface area contributed by atoms with E-state index in [1.165, 1.54) is 25.3 Å². The van der Waals surface area contributed by atoms with Gasteiger partial charge in [0, 0.05) is 5.39 Å². The Kier molecular flexibility index (Phi) is 2.53. The number of aromatic nitrogens is 2. The molecule has 1 heterocycles. The number of carbonyl (C=O) groups excluding carboxylic acids is 1. The van der Waals surface area contributed by atoms with E-state index in [9.17, 15) is 18.0 Å². The summed E-state index contributed by atoms with van der Waals surface area (Å²) in [5.41, 5.74) is -0.704. The van der Waals surface area contributed by atoms with Crippen LogP contribution in [-0.2, 0) is 10.9 Å². The van der Waals surface area contributed by atoms with Gasteiger partial charge in [0.2, 0.25) is 0 Å². The van der Waals surface area contributed by atoms with Gasteiger partial charge in [-0.15, -0.1) is 0 Å². The van der Waals surface area contributed by atoms with Crippen molar-refractivity contribution in [3.63, 3.8) is 0 Å². The Hall–Kier alpha value is -2.05. The molecular weight excluding hydrogens is 237 g/mol. The standard InChI is InChI=1S/C10H7F3N2O2/c1-17-9(16)5-2-3-6-7(4-5)14-15-8(6)10(11,12)13/h2-4H,1H3,(H,14,15). The summed E-state index contributed by atoms with van der Waals surface area (Å²) in [5, 5.41) is 5.34. The van der Waals surface area contributed by atoms with Crippen molar-refractivity contribution in [1.82, 2.24) is 10.2 Å². The van der Waals surface area contributed by atoms with E-state index in [4.69, 9.17) is 0 Å². The van der Waals surface area contributed by atoms with E-state index in [2.05, 4.69) is 9.84 Å². The highest BCUT2D eigenvalue weighted by molar-refractivity contribution is 5.94. The molecule has 0 aliphatic heterocycles. The van der Waals surface area contributed by atoms with Crippen LogP contribution in [0.4, 0.5) is 13.2 Å². The van der Waals surface area contributed by atoms with E-state index in [0.29, 0.717) is 0 Å². The highest BCUT2D eigenvalue weighted by Gasteiger charge is 2.35. The van der Waals surface area contributed by atoms with Gasteiger partial charge in [0.15, 0.2) is 0 Å². The number of H-pyrrole nitrogens is 1. The molecule has 0 atom stereocenters. The van der Waals surface area contributed by atoms with Crippen molar-refractivity contribution in [2.45, 2.75) is 6.18 Å². The van der Waals surface area contributed by atoms with E-state index in [1.807, 2.05) is 5.10 Å². The molecule has 1 aromatic carbocycles. The van der Waals surface area contributed by atoms with Gasteiger partial charge in [-0.05, 0) is 18.2 Å². The average Bonchev–Trinajstić information content (AvgIpc) is 2.70. The molecule has 0 saturated carbocycles. The normalized spacial score (nSPS) is 11.8. The Morgan fingerprint density at radius 1 is 1.41 bits per heavy atom. The Labute approximate surface area is 93.4 Å². The lowest BCUT2D eigenvalue weighted by atomic mass is 10.1. The van der Waals surface area contributed by atoms with Gasteiger partial charge in [0.05, 0.1) is 18.2 Å². The molecule has 0 aliphatic rings. The number of hydrogen-bond donors (Lipinski definition) is 1. The highest BCUT2D eigenvalue weighted by Crippen LogP contribution is 2.33. The van der Waals surface area contributed by atoms with Gasteiger partial charge in [0.1, 0.15) is 5.69 Å². The summed E-state index contributed by atoms with van der Waals surface area (Å²) in [5.74, 6) is -0.622. The van der Waals surface area contributed by atoms with Gasteiger partial charge in [-0.1, -0.05) is 0 Å². The summed E-state index contributed by atoms with van der Waals surface area (Å²) in [6.07, 6.45) is -4.50. The van der Waals surface area contributed by atoms with Gasteiger partial charge < -0.3 is 4.74 Å². The quantitative estimate of drug-likeness (QED) is 0.783. The van der Waals surface area contributed by atoms with Crippen LogP contribution in [-0.4, -0.2) is 23.3 Å². The van der Waals surface area contributed by atoms with Crippen molar-refractivity contribution in [1.29, 1.82) is 0 Å². The van der Waals surface area contributed by atoms with Crippen LogP contribution in [0.5, 0.6) is 0 Å². The van der Waals surface area contributed by atoms with Crippen LogP contribution in [0.3, 0.4) is 0 Å². The van der Waals surface area contributed by atoms with Crippen LogP contribution < -0.4 is 0 Å². The Morgan fingerprint density at radius 2 is 2.12 bits per heavy atom. The molecule has 1 N–H and O–H groups in total. The summed E-state index contributed by atoms with van der Waals surface area (Å²) in [7, 11) is 1.19. The van der Waals surface area contributed by atoms with Crippen LogP contribution in [0, 0.1) is 0 Å². The number of fused-ring (bicyclic) bond motifs is 1. The first-order valence-electron chi connectivity index (χ1n) is 4.57. The highest BCUT2D eigenvalue weighted by atomic mass is 19.4. The lowest BCUT2D eigenvalue weighted by molar-refractivity contribution is -0.139. The molecule has 0 spiro atoms. The van der Waals surface area contributed by atoms with Crippen LogP contribution in [0.25, 0.3) is 10.9 Å². The number of rotatable bonds is 1. The zero-order valence-electron chi connectivity index (χ0n) is 8.63. The molecule has 7 heteroatoms. The Bertz CT molecular complexity index is 574. The van der Waals surface area contributed by atoms with Gasteiger partial charge >= 0.3 is 12.1 Å². The maximum Gasteiger partial charge on any atom is 0.433 e. The maximum atomic E-state index is 12.5. The third-order valence-corrected chi connectivity index (χ3v) is 2.26. The first kappa shape index (κ1) is 11.4. The number of nitrogens with one attached hydrogen (secondary N) is 1. The van der Waals surface area contributed by atoms with Crippen LogP contribution in [0.2, 0.25) is 0 Å². The van der Waals surface area contributed by atoms with Crippen molar-refractivity contribution < 1.29 is 22.7 Å². The second-order valence-electron chi connectivity index (χ2n) is 3.32. The predicted molar refractivity (Wildman–Crippen MR) is 52.4 cm³/mol. The number of alkyl halides is 3. The zero-order valence-corrected chi connectivity index (χ0v) is 8.63. The van der Waals surface area contributed by atoms with E-state index in [0.717, 1.165) is 0 Å². The third kappa shape index (κ3) is 1.95.